The van der Waals surface area contributed by atoms with Gasteiger partial charge in [-0.25, -0.2) is 9.07 Å². The van der Waals surface area contributed by atoms with Crippen molar-refractivity contribution >= 4 is 6.29 Å². The summed E-state index contributed by atoms with van der Waals surface area (Å²) in [7, 11) is 0. The number of aldehydes is 1. The number of aromatic nitrogens is 2. The summed E-state index contributed by atoms with van der Waals surface area (Å²) in [6, 6.07) is 7.53. The molecule has 5 heteroatoms. The molecule has 2 heterocycles. The van der Waals surface area contributed by atoms with E-state index in [2.05, 4.69) is 5.10 Å². The molecular formula is C15H11FN2O2. The molecule has 3 aromatic rings. The molecule has 0 saturated carbocycles. The van der Waals surface area contributed by atoms with E-state index in [0.717, 1.165) is 5.56 Å². The van der Waals surface area contributed by atoms with Crippen molar-refractivity contribution < 1.29 is 13.6 Å². The second kappa shape index (κ2) is 4.77. The Morgan fingerprint density at radius 2 is 2.15 bits per heavy atom. The quantitative estimate of drug-likeness (QED) is 0.685. The van der Waals surface area contributed by atoms with Crippen molar-refractivity contribution in [3.05, 3.63) is 59.9 Å². The van der Waals surface area contributed by atoms with Gasteiger partial charge >= 0.3 is 0 Å². The van der Waals surface area contributed by atoms with Crippen LogP contribution in [-0.4, -0.2) is 16.1 Å². The van der Waals surface area contributed by atoms with Crippen molar-refractivity contribution in [3.8, 4) is 17.0 Å². The fraction of sp³-hybridized carbons (Fsp3) is 0.0667. The molecule has 0 aliphatic heterocycles. The number of rotatable bonds is 3. The van der Waals surface area contributed by atoms with Gasteiger partial charge in [0.1, 0.15) is 11.6 Å². The first kappa shape index (κ1) is 12.3. The predicted octanol–water partition coefficient (Wildman–Crippen LogP) is 3.39. The van der Waals surface area contributed by atoms with Gasteiger partial charge < -0.3 is 4.42 Å². The van der Waals surface area contributed by atoms with E-state index in [4.69, 9.17) is 4.42 Å². The molecule has 1 aromatic carbocycles. The molecular weight excluding hydrogens is 259 g/mol. The molecule has 0 saturated heterocycles. The van der Waals surface area contributed by atoms with Gasteiger partial charge in [-0.1, -0.05) is 0 Å². The summed E-state index contributed by atoms with van der Waals surface area (Å²) in [5.41, 5.74) is 2.22. The minimum absolute atomic E-state index is 0.201. The summed E-state index contributed by atoms with van der Waals surface area (Å²) in [5.74, 6) is 0.248. The van der Waals surface area contributed by atoms with Gasteiger partial charge in [0.25, 0.3) is 0 Å². The lowest BCUT2D eigenvalue weighted by molar-refractivity contribution is 0.110. The Morgan fingerprint density at radius 3 is 2.80 bits per heavy atom. The zero-order valence-electron chi connectivity index (χ0n) is 10.7. The van der Waals surface area contributed by atoms with E-state index < -0.39 is 0 Å². The Balaban J connectivity index is 2.18. The smallest absolute Gasteiger partial charge is 0.185 e. The number of furan rings is 1. The predicted molar refractivity (Wildman–Crippen MR) is 71.3 cm³/mol. The number of halogens is 1. The number of carbonyl (C=O) groups is 1. The van der Waals surface area contributed by atoms with Gasteiger partial charge in [0.05, 0.1) is 11.9 Å². The summed E-state index contributed by atoms with van der Waals surface area (Å²) in [6.45, 7) is 1.92. The van der Waals surface area contributed by atoms with Crippen molar-refractivity contribution in [3.63, 3.8) is 0 Å². The number of hydrogen-bond acceptors (Lipinski definition) is 3. The lowest BCUT2D eigenvalue weighted by atomic mass is 10.1. The number of benzene rings is 1. The van der Waals surface area contributed by atoms with E-state index in [1.54, 1.807) is 29.1 Å². The summed E-state index contributed by atoms with van der Waals surface area (Å²) >= 11 is 0. The zero-order valence-corrected chi connectivity index (χ0v) is 10.7. The van der Waals surface area contributed by atoms with Gasteiger partial charge in [-0.05, 0) is 42.8 Å². The highest BCUT2D eigenvalue weighted by Gasteiger charge is 2.13. The van der Waals surface area contributed by atoms with Gasteiger partial charge in [0.15, 0.2) is 12.0 Å². The second-order valence-electron chi connectivity index (χ2n) is 4.44. The van der Waals surface area contributed by atoms with E-state index in [9.17, 15) is 9.18 Å². The highest BCUT2D eigenvalue weighted by Crippen LogP contribution is 2.29. The Kier molecular flexibility index (Phi) is 2.95. The maximum atomic E-state index is 13.5. The molecule has 0 atom stereocenters. The first-order valence-electron chi connectivity index (χ1n) is 6.04. The van der Waals surface area contributed by atoms with Gasteiger partial charge in [-0.2, -0.15) is 5.10 Å². The second-order valence-corrected chi connectivity index (χ2v) is 4.44. The molecule has 0 N–H and O–H groups in total. The number of carbonyl (C=O) groups excluding carboxylic acids is 1. The molecule has 4 nitrogen and oxygen atoms in total. The minimum atomic E-state index is -0.378. The van der Waals surface area contributed by atoms with E-state index in [1.807, 2.05) is 13.1 Å². The minimum Gasteiger partial charge on any atom is -0.453 e. The molecule has 0 aliphatic rings. The molecule has 0 aliphatic carbocycles. The maximum Gasteiger partial charge on any atom is 0.185 e. The van der Waals surface area contributed by atoms with Crippen molar-refractivity contribution in [2.24, 2.45) is 0 Å². The summed E-state index contributed by atoms with van der Waals surface area (Å²) in [4.78, 5) is 10.7. The van der Waals surface area contributed by atoms with Crippen molar-refractivity contribution in [1.29, 1.82) is 0 Å². The summed E-state index contributed by atoms with van der Waals surface area (Å²) in [5, 5.41) is 4.21. The topological polar surface area (TPSA) is 48.0 Å². The van der Waals surface area contributed by atoms with E-state index in [-0.39, 0.29) is 11.6 Å². The Morgan fingerprint density at radius 1 is 1.30 bits per heavy atom. The third kappa shape index (κ3) is 2.14. The number of hydrogen-bond donors (Lipinski definition) is 0. The molecule has 0 fully saturated rings. The van der Waals surface area contributed by atoms with E-state index in [1.165, 1.54) is 12.1 Å². The number of aryl methyl sites for hydroxylation is 1. The van der Waals surface area contributed by atoms with Crippen LogP contribution in [0.5, 0.6) is 0 Å². The van der Waals surface area contributed by atoms with Crippen LogP contribution in [0.4, 0.5) is 4.39 Å². The molecule has 0 radical (unpaired) electrons. The standard InChI is InChI=1S/C15H11FN2O2/c1-10-7-17-18(8-10)14-4-2-11(16)6-13(14)15-5-3-12(9-19)20-15/h2-9H,1H3. The molecule has 20 heavy (non-hydrogen) atoms. The van der Waals surface area contributed by atoms with Crippen LogP contribution in [0.15, 0.2) is 47.1 Å². The Bertz CT molecular complexity index is 774. The van der Waals surface area contributed by atoms with Crippen LogP contribution >= 0.6 is 0 Å². The molecule has 0 bridgehead atoms. The monoisotopic (exact) mass is 270 g/mol. The highest BCUT2D eigenvalue weighted by molar-refractivity contribution is 5.75. The zero-order chi connectivity index (χ0) is 14.1. The van der Waals surface area contributed by atoms with Crippen LogP contribution in [0, 0.1) is 12.7 Å². The van der Waals surface area contributed by atoms with E-state index >= 15 is 0 Å². The Labute approximate surface area is 114 Å². The lowest BCUT2D eigenvalue weighted by Crippen LogP contribution is -1.97. The maximum absolute atomic E-state index is 13.5. The normalized spacial score (nSPS) is 10.7. The molecule has 3 rings (SSSR count). The van der Waals surface area contributed by atoms with Crippen LogP contribution in [0.1, 0.15) is 16.1 Å². The van der Waals surface area contributed by atoms with Crippen molar-refractivity contribution in [2.75, 3.05) is 0 Å². The average Bonchev–Trinajstić information content (AvgIpc) is 3.07. The van der Waals surface area contributed by atoms with Crippen molar-refractivity contribution in [2.45, 2.75) is 6.92 Å². The molecule has 2 aromatic heterocycles. The van der Waals surface area contributed by atoms with Crippen LogP contribution in [0.2, 0.25) is 0 Å². The van der Waals surface area contributed by atoms with Crippen LogP contribution in [-0.2, 0) is 0 Å². The molecule has 100 valence electrons. The molecule has 0 amide bonds. The first-order valence-corrected chi connectivity index (χ1v) is 6.04. The average molecular weight is 270 g/mol. The van der Waals surface area contributed by atoms with E-state index in [0.29, 0.717) is 23.3 Å². The third-order valence-corrected chi connectivity index (χ3v) is 2.93. The Hall–Kier alpha value is -2.69. The lowest BCUT2D eigenvalue weighted by Gasteiger charge is -2.07. The largest absolute Gasteiger partial charge is 0.453 e. The fourth-order valence-corrected chi connectivity index (χ4v) is 2.01. The van der Waals surface area contributed by atoms with Gasteiger partial charge in [-0.3, -0.25) is 4.79 Å². The highest BCUT2D eigenvalue weighted by atomic mass is 19.1. The first-order chi connectivity index (χ1) is 9.67. The summed E-state index contributed by atoms with van der Waals surface area (Å²) < 4.78 is 20.5. The van der Waals surface area contributed by atoms with Gasteiger partial charge in [0.2, 0.25) is 0 Å². The summed E-state index contributed by atoms with van der Waals surface area (Å²) in [6.07, 6.45) is 4.16. The van der Waals surface area contributed by atoms with Crippen LogP contribution < -0.4 is 0 Å². The third-order valence-electron chi connectivity index (χ3n) is 2.93. The van der Waals surface area contributed by atoms with Crippen molar-refractivity contribution in [1.82, 2.24) is 9.78 Å². The fourth-order valence-electron chi connectivity index (χ4n) is 2.01. The molecule has 0 unspecified atom stereocenters. The SMILES string of the molecule is Cc1cnn(-c2ccc(F)cc2-c2ccc(C=O)o2)c1. The van der Waals surface area contributed by atoms with Gasteiger partial charge in [0, 0.05) is 11.8 Å². The van der Waals surface area contributed by atoms with Crippen LogP contribution in [0.25, 0.3) is 17.0 Å². The molecule has 0 spiro atoms. The number of nitrogens with zero attached hydrogens (tertiary/aromatic N) is 2. The van der Waals surface area contributed by atoms with Crippen LogP contribution in [0.3, 0.4) is 0 Å². The van der Waals surface area contributed by atoms with Gasteiger partial charge in [-0.15, -0.1) is 0 Å².